The molecule has 31 heavy (non-hydrogen) atoms. The number of aliphatic hydroxyl groups is 1. The molecule has 3 fully saturated rings. The maximum atomic E-state index is 12.9. The van der Waals surface area contributed by atoms with E-state index < -0.39 is 6.23 Å². The molecule has 4 rings (SSSR count). The molecular weight excluding hydrogens is 388 g/mol. The maximum absolute atomic E-state index is 12.9. The zero-order valence-electron chi connectivity index (χ0n) is 19.1. The molecule has 0 spiro atoms. The fraction of sp³-hybridized carbons (Fsp3) is 0.808. The van der Waals surface area contributed by atoms with Gasteiger partial charge in [0.2, 0.25) is 5.91 Å². The highest BCUT2D eigenvalue weighted by Gasteiger charge is 2.39. The summed E-state index contributed by atoms with van der Waals surface area (Å²) in [7, 11) is 0. The SMILES string of the molecule is O=C(CCCC(O)NCC1(C2C=CC=CC2)CCOCC1)N1CCCC2CCCCC21. The predicted octanol–water partition coefficient (Wildman–Crippen LogP) is 4.18. The van der Waals surface area contributed by atoms with Crippen molar-refractivity contribution in [3.8, 4) is 0 Å². The topological polar surface area (TPSA) is 61.8 Å². The number of aliphatic hydroxyl groups excluding tert-OH is 1. The van der Waals surface area contributed by atoms with Crippen LogP contribution in [0.4, 0.5) is 0 Å². The number of carbonyl (C=O) groups is 1. The van der Waals surface area contributed by atoms with Crippen LogP contribution in [0, 0.1) is 17.3 Å². The predicted molar refractivity (Wildman–Crippen MR) is 123 cm³/mol. The van der Waals surface area contributed by atoms with E-state index in [1.807, 2.05) is 0 Å². The summed E-state index contributed by atoms with van der Waals surface area (Å²) in [6.07, 6.45) is 21.0. The fourth-order valence-corrected chi connectivity index (χ4v) is 6.44. The Hall–Kier alpha value is -1.17. The summed E-state index contributed by atoms with van der Waals surface area (Å²) in [4.78, 5) is 15.1. The Kier molecular flexibility index (Phi) is 8.24. The number of nitrogens with zero attached hydrogens (tertiary/aromatic N) is 1. The molecule has 0 aromatic rings. The number of ether oxygens (including phenoxy) is 1. The van der Waals surface area contributed by atoms with E-state index in [0.717, 1.165) is 64.3 Å². The van der Waals surface area contributed by atoms with Crippen molar-refractivity contribution < 1.29 is 14.6 Å². The number of piperidine rings is 1. The molecule has 0 radical (unpaired) electrons. The van der Waals surface area contributed by atoms with Crippen molar-refractivity contribution in [1.29, 1.82) is 0 Å². The van der Waals surface area contributed by atoms with Gasteiger partial charge in [0.25, 0.3) is 0 Å². The van der Waals surface area contributed by atoms with Crippen LogP contribution < -0.4 is 5.32 Å². The van der Waals surface area contributed by atoms with Gasteiger partial charge < -0.3 is 14.7 Å². The smallest absolute Gasteiger partial charge is 0.222 e. The second-order valence-corrected chi connectivity index (χ2v) is 10.3. The number of hydrogen-bond donors (Lipinski definition) is 2. The van der Waals surface area contributed by atoms with Gasteiger partial charge in [0.05, 0.1) is 0 Å². The molecule has 4 unspecified atom stereocenters. The molecule has 1 saturated carbocycles. The fourth-order valence-electron chi connectivity index (χ4n) is 6.44. The first-order chi connectivity index (χ1) is 15.2. The van der Waals surface area contributed by atoms with Gasteiger partial charge >= 0.3 is 0 Å². The molecule has 2 heterocycles. The summed E-state index contributed by atoms with van der Waals surface area (Å²) in [6, 6.07) is 0.490. The Morgan fingerprint density at radius 1 is 1.16 bits per heavy atom. The third-order valence-electron chi connectivity index (χ3n) is 8.38. The minimum atomic E-state index is -0.542. The number of likely N-dealkylation sites (tertiary alicyclic amines) is 1. The van der Waals surface area contributed by atoms with Crippen LogP contribution in [0.25, 0.3) is 0 Å². The van der Waals surface area contributed by atoms with Crippen LogP contribution in [-0.4, -0.2) is 54.5 Å². The normalized spacial score (nSPS) is 31.3. The van der Waals surface area contributed by atoms with Crippen molar-refractivity contribution in [2.75, 3.05) is 26.3 Å². The molecule has 0 bridgehead atoms. The number of carbonyl (C=O) groups excluding carboxylic acids is 1. The summed E-state index contributed by atoms with van der Waals surface area (Å²) in [5, 5.41) is 14.0. The lowest BCUT2D eigenvalue weighted by Crippen LogP contribution is -2.49. The molecule has 2 saturated heterocycles. The highest BCUT2D eigenvalue weighted by Crippen LogP contribution is 2.42. The lowest BCUT2D eigenvalue weighted by atomic mass is 9.67. The van der Waals surface area contributed by atoms with Crippen LogP contribution in [0.2, 0.25) is 0 Å². The lowest BCUT2D eigenvalue weighted by Gasteiger charge is -2.44. The largest absolute Gasteiger partial charge is 0.381 e. The van der Waals surface area contributed by atoms with Gasteiger partial charge in [-0.3, -0.25) is 10.1 Å². The van der Waals surface area contributed by atoms with Crippen molar-refractivity contribution in [2.24, 2.45) is 17.3 Å². The van der Waals surface area contributed by atoms with E-state index in [1.54, 1.807) is 0 Å². The zero-order chi connectivity index (χ0) is 21.5. The summed E-state index contributed by atoms with van der Waals surface area (Å²) in [5.74, 6) is 1.55. The Balaban J connectivity index is 1.21. The van der Waals surface area contributed by atoms with Crippen LogP contribution in [0.3, 0.4) is 0 Å². The van der Waals surface area contributed by atoms with Crippen LogP contribution in [-0.2, 0) is 9.53 Å². The first kappa shape index (κ1) is 23.0. The molecular formula is C26H42N2O3. The van der Waals surface area contributed by atoms with E-state index in [-0.39, 0.29) is 5.41 Å². The molecule has 2 aliphatic heterocycles. The summed E-state index contributed by atoms with van der Waals surface area (Å²) < 4.78 is 5.63. The van der Waals surface area contributed by atoms with Crippen molar-refractivity contribution in [2.45, 2.75) is 89.3 Å². The monoisotopic (exact) mass is 430 g/mol. The highest BCUT2D eigenvalue weighted by atomic mass is 16.5. The summed E-state index contributed by atoms with van der Waals surface area (Å²) in [5.41, 5.74) is 0.153. The molecule has 4 atom stereocenters. The van der Waals surface area contributed by atoms with Gasteiger partial charge in [-0.25, -0.2) is 0 Å². The van der Waals surface area contributed by atoms with Crippen molar-refractivity contribution in [1.82, 2.24) is 10.2 Å². The first-order valence-corrected chi connectivity index (χ1v) is 12.8. The van der Waals surface area contributed by atoms with Gasteiger partial charge in [-0.2, -0.15) is 0 Å². The zero-order valence-corrected chi connectivity index (χ0v) is 19.1. The van der Waals surface area contributed by atoms with Crippen LogP contribution in [0.15, 0.2) is 24.3 Å². The maximum Gasteiger partial charge on any atom is 0.222 e. The van der Waals surface area contributed by atoms with Crippen molar-refractivity contribution in [3.63, 3.8) is 0 Å². The van der Waals surface area contributed by atoms with Gasteiger partial charge in [0.15, 0.2) is 0 Å². The van der Waals surface area contributed by atoms with E-state index >= 15 is 0 Å². The van der Waals surface area contributed by atoms with Crippen LogP contribution >= 0.6 is 0 Å². The number of hydrogen-bond acceptors (Lipinski definition) is 4. The molecule has 1 amide bonds. The van der Waals surface area contributed by atoms with E-state index in [2.05, 4.69) is 34.5 Å². The minimum absolute atomic E-state index is 0.153. The Morgan fingerprint density at radius 2 is 1.97 bits per heavy atom. The van der Waals surface area contributed by atoms with Gasteiger partial charge in [0, 0.05) is 38.8 Å². The summed E-state index contributed by atoms with van der Waals surface area (Å²) in [6.45, 7) is 3.36. The Labute approximate surface area is 188 Å². The van der Waals surface area contributed by atoms with E-state index in [0.29, 0.717) is 30.7 Å². The highest BCUT2D eigenvalue weighted by molar-refractivity contribution is 5.76. The molecule has 2 aliphatic carbocycles. The minimum Gasteiger partial charge on any atom is -0.381 e. The Bertz CT molecular complexity index is 639. The molecule has 2 N–H and O–H groups in total. The molecule has 174 valence electrons. The van der Waals surface area contributed by atoms with Gasteiger partial charge in [-0.05, 0) is 75.0 Å². The van der Waals surface area contributed by atoms with Crippen LogP contribution in [0.5, 0.6) is 0 Å². The third-order valence-corrected chi connectivity index (χ3v) is 8.38. The number of allylic oxidation sites excluding steroid dienone is 4. The molecule has 0 aromatic carbocycles. The molecule has 4 aliphatic rings. The van der Waals surface area contributed by atoms with Crippen molar-refractivity contribution in [3.05, 3.63) is 24.3 Å². The average molecular weight is 431 g/mol. The van der Waals surface area contributed by atoms with Crippen molar-refractivity contribution >= 4 is 5.91 Å². The van der Waals surface area contributed by atoms with E-state index in [1.165, 1.54) is 32.1 Å². The molecule has 5 heteroatoms. The Morgan fingerprint density at radius 3 is 2.77 bits per heavy atom. The quantitative estimate of drug-likeness (QED) is 0.567. The standard InChI is InChI=1S/C26H42N2O3/c29-24(27-20-26(15-18-31-19-16-26)22-10-2-1-3-11-22)13-6-14-25(30)28-17-7-9-21-8-4-5-12-23(21)28/h1-3,10,21-24,27,29H,4-9,11-20H2. The first-order valence-electron chi connectivity index (χ1n) is 12.8. The van der Waals surface area contributed by atoms with E-state index in [4.69, 9.17) is 4.74 Å². The molecule has 5 nitrogen and oxygen atoms in total. The average Bonchev–Trinajstić information content (AvgIpc) is 2.83. The van der Waals surface area contributed by atoms with Gasteiger partial charge in [0.1, 0.15) is 6.23 Å². The number of amides is 1. The second-order valence-electron chi connectivity index (χ2n) is 10.3. The third kappa shape index (κ3) is 5.80. The number of fused-ring (bicyclic) bond motifs is 1. The number of rotatable bonds is 8. The van der Waals surface area contributed by atoms with Crippen LogP contribution in [0.1, 0.15) is 77.0 Å². The van der Waals surface area contributed by atoms with Gasteiger partial charge in [-0.15, -0.1) is 0 Å². The summed E-state index contributed by atoms with van der Waals surface area (Å²) >= 11 is 0. The second kappa shape index (κ2) is 11.1. The van der Waals surface area contributed by atoms with Gasteiger partial charge in [-0.1, -0.05) is 37.1 Å². The lowest BCUT2D eigenvalue weighted by molar-refractivity contribution is -0.137. The molecule has 0 aromatic heterocycles. The van der Waals surface area contributed by atoms with E-state index in [9.17, 15) is 9.90 Å². The number of nitrogens with one attached hydrogen (secondary N) is 1.